The van der Waals surface area contributed by atoms with Crippen LogP contribution in [0.5, 0.6) is 0 Å². The van der Waals surface area contributed by atoms with Gasteiger partial charge in [-0.1, -0.05) is 54.5 Å². The van der Waals surface area contributed by atoms with E-state index in [0.717, 1.165) is 50.3 Å². The van der Waals surface area contributed by atoms with Gasteiger partial charge in [0.25, 0.3) is 0 Å². The number of benzene rings is 1. The van der Waals surface area contributed by atoms with Crippen molar-refractivity contribution in [1.82, 2.24) is 4.90 Å². The van der Waals surface area contributed by atoms with Crippen LogP contribution in [-0.2, 0) is 9.53 Å². The first-order valence-electron chi connectivity index (χ1n) is 11.2. The molecule has 1 fully saturated rings. The number of halogens is 1. The molecule has 0 aromatic heterocycles. The molecule has 3 nitrogen and oxygen atoms in total. The molecular formula is C26H30ClNO2. The van der Waals surface area contributed by atoms with E-state index in [1.54, 1.807) is 0 Å². The van der Waals surface area contributed by atoms with Crippen molar-refractivity contribution in [3.8, 4) is 0 Å². The Morgan fingerprint density at radius 2 is 2.03 bits per heavy atom. The van der Waals surface area contributed by atoms with Crippen molar-refractivity contribution in [2.45, 2.75) is 45.6 Å². The number of carbonyl (C=O) groups is 1. The van der Waals surface area contributed by atoms with Gasteiger partial charge in [-0.3, -0.25) is 9.69 Å². The Morgan fingerprint density at radius 3 is 2.77 bits per heavy atom. The standard InChI is InChI=1S/C26H30ClNO2/c1-17-4-3-11-26(2)15-24-21(14-23(17)26)22(25(29)30-24)16-28-12-9-19(10-13-28)18-5-7-20(27)8-6-18/h4-9,14,21-22,24H,3,10-13,15-16H2,1-2H3/t21-,22-,24+,26-/m0/s1. The number of nitrogens with zero attached hydrogens (tertiary/aromatic N) is 1. The van der Waals surface area contributed by atoms with Gasteiger partial charge in [-0.05, 0) is 66.9 Å². The van der Waals surface area contributed by atoms with E-state index in [1.165, 1.54) is 22.3 Å². The number of hydrogen-bond acceptors (Lipinski definition) is 3. The van der Waals surface area contributed by atoms with E-state index < -0.39 is 0 Å². The van der Waals surface area contributed by atoms with Crippen LogP contribution in [0.2, 0.25) is 5.02 Å². The van der Waals surface area contributed by atoms with Gasteiger partial charge in [-0.15, -0.1) is 0 Å². The van der Waals surface area contributed by atoms with Crippen LogP contribution < -0.4 is 0 Å². The minimum Gasteiger partial charge on any atom is -0.461 e. The minimum atomic E-state index is -0.0488. The quantitative estimate of drug-likeness (QED) is 0.587. The molecule has 0 bridgehead atoms. The highest BCUT2D eigenvalue weighted by Crippen LogP contribution is 2.52. The molecule has 2 heterocycles. The van der Waals surface area contributed by atoms with E-state index in [2.05, 4.69) is 49.1 Å². The third kappa shape index (κ3) is 3.56. The summed E-state index contributed by atoms with van der Waals surface area (Å²) in [5.74, 6) is 0.161. The Balaban J connectivity index is 1.31. The molecule has 4 aliphatic rings. The number of hydrogen-bond donors (Lipinski definition) is 0. The monoisotopic (exact) mass is 423 g/mol. The first-order valence-corrected chi connectivity index (χ1v) is 11.6. The zero-order valence-corrected chi connectivity index (χ0v) is 18.6. The maximum absolute atomic E-state index is 12.8. The second kappa shape index (κ2) is 7.69. The summed E-state index contributed by atoms with van der Waals surface area (Å²) in [7, 11) is 0. The predicted octanol–water partition coefficient (Wildman–Crippen LogP) is 5.66. The Bertz CT molecular complexity index is 944. The molecule has 0 spiro atoms. The molecule has 4 atom stereocenters. The minimum absolute atomic E-state index is 0.00166. The van der Waals surface area contributed by atoms with Gasteiger partial charge in [0.1, 0.15) is 6.10 Å². The van der Waals surface area contributed by atoms with E-state index in [-0.39, 0.29) is 29.3 Å². The van der Waals surface area contributed by atoms with Crippen LogP contribution in [0.3, 0.4) is 0 Å². The van der Waals surface area contributed by atoms with Gasteiger partial charge in [0.15, 0.2) is 0 Å². The molecule has 5 rings (SSSR count). The maximum atomic E-state index is 12.8. The topological polar surface area (TPSA) is 29.5 Å². The van der Waals surface area contributed by atoms with Crippen LogP contribution in [0, 0.1) is 17.3 Å². The van der Waals surface area contributed by atoms with Crippen LogP contribution in [0.1, 0.15) is 45.1 Å². The molecule has 2 aliphatic heterocycles. The van der Waals surface area contributed by atoms with Gasteiger partial charge in [-0.2, -0.15) is 0 Å². The predicted molar refractivity (Wildman–Crippen MR) is 121 cm³/mol. The highest BCUT2D eigenvalue weighted by atomic mass is 35.5. The Morgan fingerprint density at radius 1 is 1.23 bits per heavy atom. The van der Waals surface area contributed by atoms with Gasteiger partial charge < -0.3 is 4.74 Å². The first-order chi connectivity index (χ1) is 14.4. The molecule has 0 radical (unpaired) electrons. The fourth-order valence-electron chi connectivity index (χ4n) is 5.92. The van der Waals surface area contributed by atoms with Crippen LogP contribution in [0.25, 0.3) is 5.57 Å². The zero-order valence-electron chi connectivity index (χ0n) is 17.9. The number of allylic oxidation sites excluding steroid dienone is 3. The van der Waals surface area contributed by atoms with E-state index in [9.17, 15) is 4.79 Å². The highest BCUT2D eigenvalue weighted by Gasteiger charge is 2.51. The first kappa shape index (κ1) is 20.1. The molecule has 1 aromatic rings. The molecule has 0 unspecified atom stereocenters. The van der Waals surface area contributed by atoms with Crippen molar-refractivity contribution in [3.05, 3.63) is 64.2 Å². The third-order valence-corrected chi connectivity index (χ3v) is 7.91. The lowest BCUT2D eigenvalue weighted by Crippen LogP contribution is -2.40. The van der Waals surface area contributed by atoms with Gasteiger partial charge in [-0.25, -0.2) is 0 Å². The molecule has 2 aliphatic carbocycles. The smallest absolute Gasteiger partial charge is 0.311 e. The summed E-state index contributed by atoms with van der Waals surface area (Å²) in [6, 6.07) is 8.08. The van der Waals surface area contributed by atoms with Gasteiger partial charge in [0.2, 0.25) is 0 Å². The summed E-state index contributed by atoms with van der Waals surface area (Å²) in [5, 5.41) is 0.770. The molecular weight excluding hydrogens is 394 g/mol. The summed E-state index contributed by atoms with van der Waals surface area (Å²) in [6.45, 7) is 7.22. The lowest BCUT2D eigenvalue weighted by molar-refractivity contribution is -0.145. The number of rotatable bonds is 3. The summed E-state index contributed by atoms with van der Waals surface area (Å²) in [5.41, 5.74) is 5.63. The Labute approximate surface area is 184 Å². The van der Waals surface area contributed by atoms with Crippen LogP contribution in [0.15, 0.2) is 53.6 Å². The summed E-state index contributed by atoms with van der Waals surface area (Å²) >= 11 is 6.02. The second-order valence-electron chi connectivity index (χ2n) is 9.68. The van der Waals surface area contributed by atoms with E-state index in [0.29, 0.717) is 0 Å². The molecule has 4 heteroatoms. The summed E-state index contributed by atoms with van der Waals surface area (Å²) < 4.78 is 5.91. The number of esters is 1. The fraction of sp³-hybridized carbons (Fsp3) is 0.500. The second-order valence-corrected chi connectivity index (χ2v) is 10.1. The molecule has 0 N–H and O–H groups in total. The highest BCUT2D eigenvalue weighted by molar-refractivity contribution is 6.30. The Hall–Kier alpha value is -1.84. The zero-order chi connectivity index (χ0) is 20.9. The average molecular weight is 424 g/mol. The van der Waals surface area contributed by atoms with Gasteiger partial charge in [0.05, 0.1) is 5.92 Å². The van der Waals surface area contributed by atoms with Crippen LogP contribution in [-0.4, -0.2) is 36.6 Å². The molecule has 0 amide bonds. The largest absolute Gasteiger partial charge is 0.461 e. The maximum Gasteiger partial charge on any atom is 0.311 e. The molecule has 1 aromatic carbocycles. The lowest BCUT2D eigenvalue weighted by Gasteiger charge is -2.43. The number of carbonyl (C=O) groups excluding carboxylic acids is 1. The molecule has 158 valence electrons. The Kier molecular flexibility index (Phi) is 5.15. The van der Waals surface area contributed by atoms with Crippen molar-refractivity contribution < 1.29 is 9.53 Å². The van der Waals surface area contributed by atoms with E-state index in [1.807, 2.05) is 12.1 Å². The molecule has 0 saturated carbocycles. The summed E-state index contributed by atoms with van der Waals surface area (Å²) in [6.07, 6.45) is 11.4. The van der Waals surface area contributed by atoms with Gasteiger partial charge >= 0.3 is 5.97 Å². The van der Waals surface area contributed by atoms with Gasteiger partial charge in [0, 0.05) is 30.6 Å². The van der Waals surface area contributed by atoms with E-state index in [4.69, 9.17) is 16.3 Å². The summed E-state index contributed by atoms with van der Waals surface area (Å²) in [4.78, 5) is 15.2. The molecule has 1 saturated heterocycles. The van der Waals surface area contributed by atoms with Crippen molar-refractivity contribution in [1.29, 1.82) is 0 Å². The van der Waals surface area contributed by atoms with Crippen molar-refractivity contribution in [3.63, 3.8) is 0 Å². The van der Waals surface area contributed by atoms with E-state index >= 15 is 0 Å². The normalized spacial score (nSPS) is 33.8. The number of fused-ring (bicyclic) bond motifs is 2. The molecule has 30 heavy (non-hydrogen) atoms. The van der Waals surface area contributed by atoms with Crippen molar-refractivity contribution in [2.75, 3.05) is 19.6 Å². The average Bonchev–Trinajstić information content (AvgIpc) is 3.01. The number of ether oxygens (including phenoxy) is 1. The van der Waals surface area contributed by atoms with Crippen molar-refractivity contribution >= 4 is 23.1 Å². The van der Waals surface area contributed by atoms with Crippen molar-refractivity contribution in [2.24, 2.45) is 17.3 Å². The van der Waals surface area contributed by atoms with Crippen LogP contribution >= 0.6 is 11.6 Å². The lowest BCUT2D eigenvalue weighted by atomic mass is 9.62. The van der Waals surface area contributed by atoms with Crippen LogP contribution in [0.4, 0.5) is 0 Å². The fourth-order valence-corrected chi connectivity index (χ4v) is 6.05. The third-order valence-electron chi connectivity index (χ3n) is 7.66. The SMILES string of the molecule is CC1=CCC[C@@]2(C)C[C@H]3OC(=O)[C@@H](CN4CC=C(c5ccc(Cl)cc5)CC4)[C@@H]3C=C12.